The maximum absolute atomic E-state index is 11.2. The van der Waals surface area contributed by atoms with Crippen LogP contribution in [0.1, 0.15) is 22.8 Å². The van der Waals surface area contributed by atoms with Crippen LogP contribution in [0.15, 0.2) is 18.2 Å². The smallest absolute Gasteiger partial charge is 0.242 e. The first-order chi connectivity index (χ1) is 6.79. The highest BCUT2D eigenvalue weighted by molar-refractivity contribution is 6.70. The molecule has 15 heavy (non-hydrogen) atoms. The largest absolute Gasteiger partial charge is 0.544 e. The minimum atomic E-state index is -1.55. The minimum absolute atomic E-state index is 0.104. The highest BCUT2D eigenvalue weighted by Crippen LogP contribution is 2.20. The highest BCUT2D eigenvalue weighted by Gasteiger charge is 2.16. The van der Waals surface area contributed by atoms with Gasteiger partial charge >= 0.3 is 0 Å². The zero-order valence-electron chi connectivity index (χ0n) is 10.0. The Hall–Kier alpha value is -1.09. The second kappa shape index (κ2) is 4.19. The van der Waals surface area contributed by atoms with Crippen LogP contribution in [-0.2, 0) is 0 Å². The first-order valence-electron chi connectivity index (χ1n) is 5.10. The molecule has 0 N–H and O–H groups in total. The number of rotatable bonds is 3. The zero-order chi connectivity index (χ0) is 11.6. The Morgan fingerprint density at radius 3 is 2.27 bits per heavy atom. The normalized spacial score (nSPS) is 11.3. The van der Waals surface area contributed by atoms with E-state index in [0.29, 0.717) is 0 Å². The molecule has 0 atom stereocenters. The summed E-state index contributed by atoms with van der Waals surface area (Å²) in [5.74, 6) is 0.976. The number of hydrogen-bond acceptors (Lipinski definition) is 2. The van der Waals surface area contributed by atoms with E-state index in [1.165, 1.54) is 0 Å². The second-order valence-corrected chi connectivity index (χ2v) is 9.18. The molecular weight excluding hydrogens is 204 g/mol. The summed E-state index contributed by atoms with van der Waals surface area (Å²) in [6.07, 6.45) is 0. The Morgan fingerprint density at radius 1 is 1.27 bits per heavy atom. The third kappa shape index (κ3) is 3.51. The van der Waals surface area contributed by atoms with Crippen molar-refractivity contribution in [3.8, 4) is 5.75 Å². The van der Waals surface area contributed by atoms with E-state index in [0.717, 1.165) is 16.9 Å². The average molecular weight is 222 g/mol. The Bertz CT molecular complexity index is 378. The molecule has 0 radical (unpaired) electrons. The number of benzene rings is 1. The third-order valence-corrected chi connectivity index (χ3v) is 2.85. The topological polar surface area (TPSA) is 26.3 Å². The van der Waals surface area contributed by atoms with Crippen LogP contribution in [0, 0.1) is 6.92 Å². The Kier molecular flexibility index (Phi) is 3.34. The molecule has 0 aliphatic carbocycles. The lowest BCUT2D eigenvalue weighted by molar-refractivity contribution is 0.101. The van der Waals surface area contributed by atoms with Crippen LogP contribution < -0.4 is 4.43 Å². The fraction of sp³-hybridized carbons (Fsp3) is 0.417. The molecule has 3 heteroatoms. The number of ketones is 1. The van der Waals surface area contributed by atoms with Crippen LogP contribution >= 0.6 is 0 Å². The third-order valence-electron chi connectivity index (χ3n) is 2.00. The van der Waals surface area contributed by atoms with Gasteiger partial charge in [-0.1, -0.05) is 0 Å². The van der Waals surface area contributed by atoms with Crippen LogP contribution in [0.4, 0.5) is 0 Å². The summed E-state index contributed by atoms with van der Waals surface area (Å²) in [5, 5.41) is 0. The summed E-state index contributed by atoms with van der Waals surface area (Å²) in [6.45, 7) is 9.94. The molecule has 1 rings (SSSR count). The van der Waals surface area contributed by atoms with Crippen LogP contribution in [0.5, 0.6) is 5.75 Å². The summed E-state index contributed by atoms with van der Waals surface area (Å²) < 4.78 is 5.84. The van der Waals surface area contributed by atoms with E-state index in [2.05, 4.69) is 19.6 Å². The minimum Gasteiger partial charge on any atom is -0.544 e. The summed E-state index contributed by atoms with van der Waals surface area (Å²) in [4.78, 5) is 11.2. The fourth-order valence-corrected chi connectivity index (χ4v) is 2.28. The van der Waals surface area contributed by atoms with Crippen molar-refractivity contribution in [2.75, 3.05) is 0 Å². The Balaban J connectivity index is 2.97. The van der Waals surface area contributed by atoms with Gasteiger partial charge in [0.25, 0.3) is 0 Å². The number of carbonyl (C=O) groups excluding carboxylic acids is 1. The van der Waals surface area contributed by atoms with Gasteiger partial charge in [0, 0.05) is 5.56 Å². The molecule has 0 aliphatic heterocycles. The molecule has 0 amide bonds. The van der Waals surface area contributed by atoms with Crippen molar-refractivity contribution in [3.05, 3.63) is 29.3 Å². The predicted octanol–water partition coefficient (Wildman–Crippen LogP) is 3.41. The molecule has 0 spiro atoms. The number of Topliss-reactive ketones (excluding diaryl/α,β-unsaturated/α-hetero) is 1. The number of carbonyl (C=O) groups is 1. The van der Waals surface area contributed by atoms with Gasteiger partial charge in [-0.2, -0.15) is 0 Å². The van der Waals surface area contributed by atoms with Gasteiger partial charge in [-0.15, -0.1) is 0 Å². The van der Waals surface area contributed by atoms with E-state index >= 15 is 0 Å². The zero-order valence-corrected chi connectivity index (χ0v) is 11.0. The van der Waals surface area contributed by atoms with Gasteiger partial charge in [-0.3, -0.25) is 4.79 Å². The van der Waals surface area contributed by atoms with E-state index in [4.69, 9.17) is 4.43 Å². The molecule has 0 heterocycles. The molecule has 1 aromatic rings. The molecule has 0 aliphatic rings. The van der Waals surface area contributed by atoms with Gasteiger partial charge < -0.3 is 4.43 Å². The predicted molar refractivity (Wildman–Crippen MR) is 65.2 cm³/mol. The van der Waals surface area contributed by atoms with Crippen molar-refractivity contribution in [1.29, 1.82) is 0 Å². The molecule has 0 aromatic heterocycles. The van der Waals surface area contributed by atoms with E-state index in [9.17, 15) is 4.79 Å². The van der Waals surface area contributed by atoms with Crippen molar-refractivity contribution in [2.45, 2.75) is 33.5 Å². The molecule has 0 saturated heterocycles. The molecule has 0 saturated carbocycles. The summed E-state index contributed by atoms with van der Waals surface area (Å²) in [7, 11) is -1.55. The maximum atomic E-state index is 11.2. The molecule has 82 valence electrons. The second-order valence-electron chi connectivity index (χ2n) is 4.75. The monoisotopic (exact) mass is 222 g/mol. The average Bonchev–Trinajstić information content (AvgIpc) is 1.99. The van der Waals surface area contributed by atoms with Gasteiger partial charge in [0.15, 0.2) is 5.78 Å². The van der Waals surface area contributed by atoms with Gasteiger partial charge in [0.05, 0.1) is 0 Å². The van der Waals surface area contributed by atoms with Crippen LogP contribution in [-0.4, -0.2) is 14.1 Å². The van der Waals surface area contributed by atoms with Gasteiger partial charge in [0.2, 0.25) is 8.32 Å². The van der Waals surface area contributed by atoms with Crippen LogP contribution in [0.3, 0.4) is 0 Å². The van der Waals surface area contributed by atoms with Crippen molar-refractivity contribution in [2.24, 2.45) is 0 Å². The first kappa shape index (κ1) is 12.0. The Labute approximate surface area is 92.4 Å². The fourth-order valence-electron chi connectivity index (χ4n) is 1.45. The van der Waals surface area contributed by atoms with E-state index in [-0.39, 0.29) is 5.78 Å². The van der Waals surface area contributed by atoms with Gasteiger partial charge in [-0.05, 0) is 57.3 Å². The van der Waals surface area contributed by atoms with Crippen molar-refractivity contribution >= 4 is 14.1 Å². The van der Waals surface area contributed by atoms with Crippen molar-refractivity contribution in [3.63, 3.8) is 0 Å². The van der Waals surface area contributed by atoms with Crippen LogP contribution in [0.25, 0.3) is 0 Å². The number of hydrogen-bond donors (Lipinski definition) is 0. The lowest BCUT2D eigenvalue weighted by atomic mass is 10.1. The maximum Gasteiger partial charge on any atom is 0.242 e. The quantitative estimate of drug-likeness (QED) is 0.578. The highest BCUT2D eigenvalue weighted by atomic mass is 28.4. The lowest BCUT2D eigenvalue weighted by Gasteiger charge is -2.19. The SMILES string of the molecule is CC(=O)c1ccc(O[Si](C)(C)C)cc1C. The molecule has 1 aromatic carbocycles. The molecule has 0 bridgehead atoms. The molecule has 0 unspecified atom stereocenters. The van der Waals surface area contributed by atoms with E-state index in [1.807, 2.05) is 25.1 Å². The van der Waals surface area contributed by atoms with Crippen LogP contribution in [0.2, 0.25) is 19.6 Å². The van der Waals surface area contributed by atoms with E-state index < -0.39 is 8.32 Å². The summed E-state index contributed by atoms with van der Waals surface area (Å²) in [5.41, 5.74) is 1.76. The molecule has 2 nitrogen and oxygen atoms in total. The van der Waals surface area contributed by atoms with Crippen molar-refractivity contribution in [1.82, 2.24) is 0 Å². The lowest BCUT2D eigenvalue weighted by Crippen LogP contribution is -2.29. The summed E-state index contributed by atoms with van der Waals surface area (Å²) in [6, 6.07) is 5.66. The molecule has 0 fully saturated rings. The number of aryl methyl sites for hydroxylation is 1. The molecular formula is C12H18O2Si. The van der Waals surface area contributed by atoms with Gasteiger partial charge in [-0.25, -0.2) is 0 Å². The standard InChI is InChI=1S/C12H18O2Si/c1-9-8-11(14-15(3,4)5)6-7-12(9)10(2)13/h6-8H,1-5H3. The van der Waals surface area contributed by atoms with E-state index in [1.54, 1.807) is 6.92 Å². The Morgan fingerprint density at radius 2 is 1.87 bits per heavy atom. The summed E-state index contributed by atoms with van der Waals surface area (Å²) >= 11 is 0. The first-order valence-corrected chi connectivity index (χ1v) is 8.51. The van der Waals surface area contributed by atoms with Crippen molar-refractivity contribution < 1.29 is 9.22 Å². The van der Waals surface area contributed by atoms with Gasteiger partial charge in [0.1, 0.15) is 5.75 Å².